The van der Waals surface area contributed by atoms with E-state index in [1.807, 2.05) is 24.3 Å². The highest BCUT2D eigenvalue weighted by Crippen LogP contribution is 2.42. The van der Waals surface area contributed by atoms with Crippen molar-refractivity contribution in [1.29, 1.82) is 0 Å². The molecule has 2 N–H and O–H groups in total. The van der Waals surface area contributed by atoms with Crippen LogP contribution in [0.1, 0.15) is 63.6 Å². The molecule has 8 nitrogen and oxygen atoms in total. The van der Waals surface area contributed by atoms with E-state index in [2.05, 4.69) is 10.6 Å². The van der Waals surface area contributed by atoms with E-state index in [0.717, 1.165) is 24.2 Å². The molecule has 1 saturated heterocycles. The monoisotopic (exact) mass is 447 g/mol. The van der Waals surface area contributed by atoms with Gasteiger partial charge in [0.15, 0.2) is 0 Å². The van der Waals surface area contributed by atoms with Crippen LogP contribution in [0.5, 0.6) is 5.75 Å². The maximum absolute atomic E-state index is 13.1. The Morgan fingerprint density at radius 3 is 2.67 bits per heavy atom. The lowest BCUT2D eigenvalue weighted by atomic mass is 10.0. The Bertz CT molecular complexity index is 1160. The molecule has 33 heavy (non-hydrogen) atoms. The SMILES string of the molecule is COc1cccc([C@H](NC(=O)c2ccc3c(c2)CN(C2CCC(=O)NC2=O)C3=O)C2CC2)c1. The fourth-order valence-electron chi connectivity index (χ4n) is 4.68. The first-order chi connectivity index (χ1) is 15.9. The summed E-state index contributed by atoms with van der Waals surface area (Å²) in [5, 5.41) is 5.46. The number of carbonyl (C=O) groups is 4. The largest absolute Gasteiger partial charge is 0.497 e. The van der Waals surface area contributed by atoms with Gasteiger partial charge < -0.3 is 15.0 Å². The van der Waals surface area contributed by atoms with E-state index in [1.54, 1.807) is 25.3 Å². The highest BCUT2D eigenvalue weighted by molar-refractivity contribution is 6.06. The zero-order chi connectivity index (χ0) is 23.1. The Balaban J connectivity index is 1.33. The van der Waals surface area contributed by atoms with E-state index in [-0.39, 0.29) is 36.7 Å². The minimum absolute atomic E-state index is 0.109. The van der Waals surface area contributed by atoms with Crippen LogP contribution in [0.15, 0.2) is 42.5 Å². The molecule has 1 aliphatic carbocycles. The minimum Gasteiger partial charge on any atom is -0.497 e. The van der Waals surface area contributed by atoms with Crippen molar-refractivity contribution in [2.75, 3.05) is 7.11 Å². The highest BCUT2D eigenvalue weighted by atomic mass is 16.5. The number of rotatable bonds is 6. The summed E-state index contributed by atoms with van der Waals surface area (Å²) in [6, 6.07) is 12.0. The fourth-order valence-corrected chi connectivity index (χ4v) is 4.68. The van der Waals surface area contributed by atoms with Gasteiger partial charge in [-0.3, -0.25) is 24.5 Å². The molecular formula is C25H25N3O5. The standard InChI is InChI=1S/C25H25N3O5/c1-33-18-4-2-3-15(12-18)22(14-5-6-14)27-23(30)16-7-8-19-17(11-16)13-28(25(19)32)20-9-10-21(29)26-24(20)31/h2-4,7-8,11-12,14,20,22H,5-6,9-10,13H2,1H3,(H,27,30)(H,26,29,31)/t20?,22-/m1/s1. The number of carbonyl (C=O) groups excluding carboxylic acids is 4. The molecule has 2 aromatic rings. The molecule has 8 heteroatoms. The van der Waals surface area contributed by atoms with Gasteiger partial charge in [-0.2, -0.15) is 0 Å². The second-order valence-corrected chi connectivity index (χ2v) is 8.84. The molecule has 2 atom stereocenters. The second-order valence-electron chi connectivity index (χ2n) is 8.84. The molecule has 2 fully saturated rings. The number of nitrogens with zero attached hydrogens (tertiary/aromatic N) is 1. The van der Waals surface area contributed by atoms with Crippen molar-refractivity contribution >= 4 is 23.6 Å². The molecule has 1 saturated carbocycles. The quantitative estimate of drug-likeness (QED) is 0.662. The van der Waals surface area contributed by atoms with Crippen LogP contribution in [0.4, 0.5) is 0 Å². The summed E-state index contributed by atoms with van der Waals surface area (Å²) in [6.45, 7) is 0.240. The molecule has 2 aliphatic heterocycles. The van der Waals surface area contributed by atoms with Gasteiger partial charge in [0.05, 0.1) is 13.2 Å². The van der Waals surface area contributed by atoms with Crippen molar-refractivity contribution in [3.8, 4) is 5.75 Å². The van der Waals surface area contributed by atoms with Gasteiger partial charge in [0.25, 0.3) is 11.8 Å². The number of benzene rings is 2. The number of piperidine rings is 1. The van der Waals surface area contributed by atoms with E-state index in [1.165, 1.54) is 4.90 Å². The first kappa shape index (κ1) is 21.2. The molecule has 5 rings (SSSR count). The third kappa shape index (κ3) is 4.08. The van der Waals surface area contributed by atoms with E-state index in [4.69, 9.17) is 4.74 Å². The Hall–Kier alpha value is -3.68. The lowest BCUT2D eigenvalue weighted by Gasteiger charge is -2.29. The number of fused-ring (bicyclic) bond motifs is 1. The van der Waals surface area contributed by atoms with Gasteiger partial charge in [-0.05, 0) is 66.6 Å². The summed E-state index contributed by atoms with van der Waals surface area (Å²) in [5.74, 6) is -0.0864. The van der Waals surface area contributed by atoms with Crippen LogP contribution in [0, 0.1) is 5.92 Å². The summed E-state index contributed by atoms with van der Waals surface area (Å²) in [4.78, 5) is 51.2. The molecule has 4 amide bonds. The van der Waals surface area contributed by atoms with Gasteiger partial charge in [-0.15, -0.1) is 0 Å². The third-order valence-electron chi connectivity index (χ3n) is 6.62. The average molecular weight is 447 g/mol. The van der Waals surface area contributed by atoms with Crippen LogP contribution in [0.3, 0.4) is 0 Å². The molecule has 0 radical (unpaired) electrons. The smallest absolute Gasteiger partial charge is 0.255 e. The summed E-state index contributed by atoms with van der Waals surface area (Å²) >= 11 is 0. The number of ether oxygens (including phenoxy) is 1. The Labute approximate surface area is 191 Å². The van der Waals surface area contributed by atoms with Crippen molar-refractivity contribution in [2.45, 2.75) is 44.3 Å². The van der Waals surface area contributed by atoms with Crippen molar-refractivity contribution in [3.05, 3.63) is 64.7 Å². The summed E-state index contributed by atoms with van der Waals surface area (Å²) < 4.78 is 5.33. The van der Waals surface area contributed by atoms with E-state index in [0.29, 0.717) is 29.0 Å². The Morgan fingerprint density at radius 1 is 1.12 bits per heavy atom. The van der Waals surface area contributed by atoms with Gasteiger partial charge in [0.1, 0.15) is 11.8 Å². The van der Waals surface area contributed by atoms with Crippen LogP contribution in [-0.2, 0) is 16.1 Å². The van der Waals surface area contributed by atoms with Gasteiger partial charge >= 0.3 is 0 Å². The summed E-state index contributed by atoms with van der Waals surface area (Å²) in [6.07, 6.45) is 2.63. The molecule has 170 valence electrons. The maximum Gasteiger partial charge on any atom is 0.255 e. The lowest BCUT2D eigenvalue weighted by molar-refractivity contribution is -0.136. The first-order valence-electron chi connectivity index (χ1n) is 11.2. The number of hydrogen-bond acceptors (Lipinski definition) is 5. The van der Waals surface area contributed by atoms with E-state index < -0.39 is 11.9 Å². The number of imide groups is 1. The van der Waals surface area contributed by atoms with Crippen molar-refractivity contribution in [2.24, 2.45) is 5.92 Å². The molecular weight excluding hydrogens is 422 g/mol. The number of hydrogen-bond donors (Lipinski definition) is 2. The zero-order valence-corrected chi connectivity index (χ0v) is 18.3. The molecule has 0 aromatic heterocycles. The topological polar surface area (TPSA) is 105 Å². The predicted molar refractivity (Wildman–Crippen MR) is 118 cm³/mol. The normalized spacial score (nSPS) is 20.8. The molecule has 2 heterocycles. The van der Waals surface area contributed by atoms with Crippen LogP contribution < -0.4 is 15.4 Å². The van der Waals surface area contributed by atoms with Crippen LogP contribution >= 0.6 is 0 Å². The average Bonchev–Trinajstić information content (AvgIpc) is 3.61. The zero-order valence-electron chi connectivity index (χ0n) is 18.3. The van der Waals surface area contributed by atoms with Crippen molar-refractivity contribution in [1.82, 2.24) is 15.5 Å². The van der Waals surface area contributed by atoms with E-state index in [9.17, 15) is 19.2 Å². The number of methoxy groups -OCH3 is 1. The molecule has 0 bridgehead atoms. The first-order valence-corrected chi connectivity index (χ1v) is 11.2. The van der Waals surface area contributed by atoms with Crippen LogP contribution in [0.25, 0.3) is 0 Å². The maximum atomic E-state index is 13.1. The fraction of sp³-hybridized carbons (Fsp3) is 0.360. The van der Waals surface area contributed by atoms with Gasteiger partial charge in [0.2, 0.25) is 11.8 Å². The van der Waals surface area contributed by atoms with Crippen LogP contribution in [-0.4, -0.2) is 41.7 Å². The van der Waals surface area contributed by atoms with Gasteiger partial charge in [-0.25, -0.2) is 0 Å². The van der Waals surface area contributed by atoms with Crippen LogP contribution in [0.2, 0.25) is 0 Å². The van der Waals surface area contributed by atoms with Crippen molar-refractivity contribution < 1.29 is 23.9 Å². The Kier molecular flexibility index (Phi) is 5.36. The number of nitrogens with one attached hydrogen (secondary N) is 2. The molecule has 1 unspecified atom stereocenters. The second kappa shape index (κ2) is 8.35. The Morgan fingerprint density at radius 2 is 1.94 bits per heavy atom. The summed E-state index contributed by atoms with van der Waals surface area (Å²) in [5.41, 5.74) is 2.68. The molecule has 2 aromatic carbocycles. The van der Waals surface area contributed by atoms with Gasteiger partial charge in [-0.1, -0.05) is 12.1 Å². The predicted octanol–water partition coefficient (Wildman–Crippen LogP) is 2.34. The highest BCUT2D eigenvalue weighted by Gasteiger charge is 2.39. The molecule has 0 spiro atoms. The lowest BCUT2D eigenvalue weighted by Crippen LogP contribution is -2.52. The third-order valence-corrected chi connectivity index (χ3v) is 6.62. The number of amides is 4. The molecule has 3 aliphatic rings. The van der Waals surface area contributed by atoms with Crippen molar-refractivity contribution in [3.63, 3.8) is 0 Å². The summed E-state index contributed by atoms with van der Waals surface area (Å²) in [7, 11) is 1.62. The van der Waals surface area contributed by atoms with Gasteiger partial charge in [0, 0.05) is 24.1 Å². The minimum atomic E-state index is -0.674. The van der Waals surface area contributed by atoms with E-state index >= 15 is 0 Å².